The van der Waals surface area contributed by atoms with Crippen molar-refractivity contribution in [3.8, 4) is 5.75 Å². The Hall–Kier alpha value is -4.20. The first-order valence-electron chi connectivity index (χ1n) is 9.26. The van der Waals surface area contributed by atoms with Gasteiger partial charge in [0.1, 0.15) is 28.7 Å². The van der Waals surface area contributed by atoms with Gasteiger partial charge < -0.3 is 19.8 Å². The SMILES string of the molecule is O=C(COc1ccc(F)cc1)Nc1c(C(=O)Nc2cccc(F)c2)oc2ccccc12. The van der Waals surface area contributed by atoms with Crippen LogP contribution in [0.5, 0.6) is 5.75 Å². The zero-order valence-corrected chi connectivity index (χ0v) is 16.0. The molecule has 0 aliphatic rings. The predicted octanol–water partition coefficient (Wildman–Crippen LogP) is 4.98. The summed E-state index contributed by atoms with van der Waals surface area (Å²) < 4.78 is 37.4. The summed E-state index contributed by atoms with van der Waals surface area (Å²) in [4.78, 5) is 25.2. The van der Waals surface area contributed by atoms with Crippen LogP contribution in [0.25, 0.3) is 11.0 Å². The van der Waals surface area contributed by atoms with Gasteiger partial charge in [0.25, 0.3) is 11.8 Å². The number of benzene rings is 3. The molecule has 0 saturated heterocycles. The van der Waals surface area contributed by atoms with E-state index in [4.69, 9.17) is 9.15 Å². The second-order valence-electron chi connectivity index (χ2n) is 6.56. The van der Waals surface area contributed by atoms with Crippen molar-refractivity contribution < 1.29 is 27.5 Å². The summed E-state index contributed by atoms with van der Waals surface area (Å²) in [6.07, 6.45) is 0. The molecule has 6 nitrogen and oxygen atoms in total. The van der Waals surface area contributed by atoms with Crippen molar-refractivity contribution in [3.05, 3.63) is 90.2 Å². The van der Waals surface area contributed by atoms with Gasteiger partial charge in [-0.25, -0.2) is 8.78 Å². The lowest BCUT2D eigenvalue weighted by molar-refractivity contribution is -0.118. The second kappa shape index (κ2) is 8.66. The number of para-hydroxylation sites is 1. The Kier molecular flexibility index (Phi) is 5.61. The summed E-state index contributed by atoms with van der Waals surface area (Å²) in [5.74, 6) is -1.95. The molecule has 2 N–H and O–H groups in total. The number of carbonyl (C=O) groups is 2. The first-order valence-corrected chi connectivity index (χ1v) is 9.26. The largest absolute Gasteiger partial charge is 0.484 e. The Morgan fingerprint density at radius 3 is 2.42 bits per heavy atom. The molecule has 0 bridgehead atoms. The highest BCUT2D eigenvalue weighted by Crippen LogP contribution is 2.31. The van der Waals surface area contributed by atoms with Crippen LogP contribution in [0.15, 0.2) is 77.2 Å². The Morgan fingerprint density at radius 1 is 0.871 bits per heavy atom. The molecule has 0 aliphatic carbocycles. The third-order valence-corrected chi connectivity index (χ3v) is 4.33. The molecule has 4 aromatic rings. The van der Waals surface area contributed by atoms with Crippen LogP contribution in [0.3, 0.4) is 0 Å². The average molecular weight is 422 g/mol. The highest BCUT2D eigenvalue weighted by Gasteiger charge is 2.22. The van der Waals surface area contributed by atoms with Gasteiger partial charge in [0.15, 0.2) is 6.61 Å². The first-order chi connectivity index (χ1) is 15.0. The van der Waals surface area contributed by atoms with Gasteiger partial charge in [-0.05, 0) is 54.6 Å². The van der Waals surface area contributed by atoms with Crippen molar-refractivity contribution in [2.24, 2.45) is 0 Å². The van der Waals surface area contributed by atoms with E-state index in [0.29, 0.717) is 16.7 Å². The molecular weight excluding hydrogens is 406 g/mol. The van der Waals surface area contributed by atoms with E-state index < -0.39 is 23.4 Å². The number of amides is 2. The molecule has 0 radical (unpaired) electrons. The van der Waals surface area contributed by atoms with E-state index in [-0.39, 0.29) is 23.7 Å². The third-order valence-electron chi connectivity index (χ3n) is 4.33. The fourth-order valence-electron chi connectivity index (χ4n) is 2.94. The number of nitrogens with one attached hydrogen (secondary N) is 2. The van der Waals surface area contributed by atoms with Crippen LogP contribution in [0.4, 0.5) is 20.2 Å². The number of furan rings is 1. The summed E-state index contributed by atoms with van der Waals surface area (Å²) in [5, 5.41) is 5.69. The predicted molar refractivity (Wildman–Crippen MR) is 111 cm³/mol. The van der Waals surface area contributed by atoms with Crippen molar-refractivity contribution in [1.82, 2.24) is 0 Å². The minimum Gasteiger partial charge on any atom is -0.484 e. The van der Waals surface area contributed by atoms with Crippen LogP contribution in [0.1, 0.15) is 10.6 Å². The zero-order valence-electron chi connectivity index (χ0n) is 16.0. The molecule has 2 amide bonds. The molecule has 3 aromatic carbocycles. The first kappa shape index (κ1) is 20.1. The van der Waals surface area contributed by atoms with E-state index in [1.54, 1.807) is 24.3 Å². The Labute approximate surface area is 175 Å². The number of fused-ring (bicyclic) bond motifs is 1. The monoisotopic (exact) mass is 422 g/mol. The number of hydrogen-bond donors (Lipinski definition) is 2. The number of hydrogen-bond acceptors (Lipinski definition) is 4. The number of halogens is 2. The highest BCUT2D eigenvalue weighted by atomic mass is 19.1. The van der Waals surface area contributed by atoms with Crippen molar-refractivity contribution in [2.75, 3.05) is 17.2 Å². The molecule has 0 fully saturated rings. The molecule has 8 heteroatoms. The van der Waals surface area contributed by atoms with Crippen molar-refractivity contribution in [2.45, 2.75) is 0 Å². The Balaban J connectivity index is 1.55. The maximum Gasteiger partial charge on any atom is 0.293 e. The van der Waals surface area contributed by atoms with Crippen LogP contribution in [0, 0.1) is 11.6 Å². The van der Waals surface area contributed by atoms with Gasteiger partial charge in [-0.2, -0.15) is 0 Å². The molecule has 1 aromatic heterocycles. The summed E-state index contributed by atoms with van der Waals surface area (Å²) >= 11 is 0. The molecule has 0 spiro atoms. The van der Waals surface area contributed by atoms with Gasteiger partial charge in [0, 0.05) is 11.1 Å². The van der Waals surface area contributed by atoms with Gasteiger partial charge >= 0.3 is 0 Å². The number of anilines is 2. The summed E-state index contributed by atoms with van der Waals surface area (Å²) in [7, 11) is 0. The second-order valence-corrected chi connectivity index (χ2v) is 6.56. The quantitative estimate of drug-likeness (QED) is 0.459. The normalized spacial score (nSPS) is 10.6. The topological polar surface area (TPSA) is 80.6 Å². The lowest BCUT2D eigenvalue weighted by Crippen LogP contribution is -2.22. The zero-order chi connectivity index (χ0) is 21.8. The standard InChI is InChI=1S/C23H16F2N2O4/c24-14-8-10-17(11-9-14)30-13-20(28)27-21-18-6-1-2-7-19(18)31-22(21)23(29)26-16-5-3-4-15(25)12-16/h1-12H,13H2,(H,26,29)(H,27,28). The van der Waals surface area contributed by atoms with Crippen LogP contribution in [-0.2, 0) is 4.79 Å². The molecule has 0 aliphatic heterocycles. The maximum absolute atomic E-state index is 13.4. The Morgan fingerprint density at radius 2 is 1.65 bits per heavy atom. The third kappa shape index (κ3) is 4.69. The van der Waals surface area contributed by atoms with Crippen LogP contribution in [-0.4, -0.2) is 18.4 Å². The lowest BCUT2D eigenvalue weighted by atomic mass is 10.2. The minimum atomic E-state index is -0.656. The molecule has 0 saturated carbocycles. The molecule has 1 heterocycles. The highest BCUT2D eigenvalue weighted by molar-refractivity contribution is 6.14. The molecule has 0 unspecified atom stereocenters. The molecule has 156 valence electrons. The van der Waals surface area contributed by atoms with Gasteiger partial charge in [0.05, 0.1) is 0 Å². The smallest absolute Gasteiger partial charge is 0.293 e. The van der Waals surface area contributed by atoms with Crippen LogP contribution in [0.2, 0.25) is 0 Å². The van der Waals surface area contributed by atoms with Gasteiger partial charge in [0.2, 0.25) is 5.76 Å². The lowest BCUT2D eigenvalue weighted by Gasteiger charge is -2.09. The van der Waals surface area contributed by atoms with E-state index in [2.05, 4.69) is 10.6 Å². The molecule has 0 atom stereocenters. The fourth-order valence-corrected chi connectivity index (χ4v) is 2.94. The maximum atomic E-state index is 13.4. The summed E-state index contributed by atoms with van der Waals surface area (Å²) in [5.41, 5.74) is 0.793. The molecule has 4 rings (SSSR count). The van der Waals surface area contributed by atoms with E-state index in [1.807, 2.05) is 0 Å². The van der Waals surface area contributed by atoms with E-state index in [9.17, 15) is 18.4 Å². The molecular formula is C23H16F2N2O4. The van der Waals surface area contributed by atoms with Crippen molar-refractivity contribution in [3.63, 3.8) is 0 Å². The van der Waals surface area contributed by atoms with Gasteiger partial charge in [-0.1, -0.05) is 18.2 Å². The number of ether oxygens (including phenoxy) is 1. The van der Waals surface area contributed by atoms with E-state index >= 15 is 0 Å². The number of carbonyl (C=O) groups excluding carboxylic acids is 2. The summed E-state index contributed by atoms with van der Waals surface area (Å²) in [6.45, 7) is -0.365. The Bertz CT molecular complexity index is 1250. The number of rotatable bonds is 6. The minimum absolute atomic E-state index is 0.138. The van der Waals surface area contributed by atoms with Crippen molar-refractivity contribution >= 4 is 34.2 Å². The fraction of sp³-hybridized carbons (Fsp3) is 0.0435. The van der Waals surface area contributed by atoms with E-state index in [1.165, 1.54) is 42.5 Å². The summed E-state index contributed by atoms with van der Waals surface area (Å²) in [6, 6.07) is 17.4. The van der Waals surface area contributed by atoms with Gasteiger partial charge in [-0.3, -0.25) is 9.59 Å². The average Bonchev–Trinajstić information content (AvgIpc) is 3.12. The van der Waals surface area contributed by atoms with Crippen molar-refractivity contribution in [1.29, 1.82) is 0 Å². The van der Waals surface area contributed by atoms with E-state index in [0.717, 1.165) is 6.07 Å². The van der Waals surface area contributed by atoms with Crippen LogP contribution < -0.4 is 15.4 Å². The van der Waals surface area contributed by atoms with Gasteiger partial charge in [-0.15, -0.1) is 0 Å². The molecule has 31 heavy (non-hydrogen) atoms. The van der Waals surface area contributed by atoms with Crippen LogP contribution >= 0.6 is 0 Å².